The second-order valence-electron chi connectivity index (χ2n) is 14.7. The van der Waals surface area contributed by atoms with Gasteiger partial charge in [0.25, 0.3) is 0 Å². The van der Waals surface area contributed by atoms with Gasteiger partial charge in [-0.1, -0.05) is 123 Å². The largest absolute Gasteiger partial charge is 0.394 e. The first-order chi connectivity index (χ1) is 21.6. The molecule has 46 heavy (non-hydrogen) atoms. The molecule has 0 amide bonds. The van der Waals surface area contributed by atoms with E-state index in [1.54, 1.807) is 0 Å². The fourth-order valence-electron chi connectivity index (χ4n) is 5.12. The summed E-state index contributed by atoms with van der Waals surface area (Å²) < 4.78 is 41.3. The van der Waals surface area contributed by atoms with Crippen molar-refractivity contribution in [2.75, 3.05) is 39.7 Å². The summed E-state index contributed by atoms with van der Waals surface area (Å²) in [7, 11) is 0. The van der Waals surface area contributed by atoms with Crippen molar-refractivity contribution in [2.45, 2.75) is 120 Å². The normalized spacial score (nSPS) is 13.9. The first kappa shape index (κ1) is 44.1. The van der Waals surface area contributed by atoms with Crippen LogP contribution in [0.2, 0.25) is 0 Å². The van der Waals surface area contributed by atoms with Crippen molar-refractivity contribution in [3.05, 3.63) is 71.8 Å². The van der Waals surface area contributed by atoms with E-state index in [4.69, 9.17) is 19.3 Å². The predicted octanol–water partition coefficient (Wildman–Crippen LogP) is 10.5. The van der Waals surface area contributed by atoms with Crippen LogP contribution in [0.5, 0.6) is 0 Å². The van der Waals surface area contributed by atoms with E-state index < -0.39 is 6.36 Å². The molecule has 2 aromatic carbocycles. The maximum atomic E-state index is 14.5. The number of rotatable bonds is 19. The van der Waals surface area contributed by atoms with E-state index >= 15 is 0 Å². The predicted molar refractivity (Wildman–Crippen MR) is 191 cm³/mol. The molecule has 0 saturated heterocycles. The summed E-state index contributed by atoms with van der Waals surface area (Å²) in [6.07, 6.45) is 4.35. The fourth-order valence-corrected chi connectivity index (χ4v) is 5.12. The van der Waals surface area contributed by atoms with Crippen molar-refractivity contribution >= 4 is 0 Å². The average molecular weight is 651 g/mol. The van der Waals surface area contributed by atoms with Gasteiger partial charge >= 0.3 is 0 Å². The van der Waals surface area contributed by atoms with Gasteiger partial charge in [-0.05, 0) is 78.7 Å². The lowest BCUT2D eigenvalue weighted by Crippen LogP contribution is -2.36. The topological polar surface area (TPSA) is 47.9 Å². The molecule has 1 N–H and O–H groups in total. The maximum Gasteiger partial charge on any atom is 0.222 e. The zero-order valence-electron chi connectivity index (χ0n) is 30.9. The maximum absolute atomic E-state index is 14.5. The monoisotopic (exact) mass is 651 g/mol. The molecule has 0 aliphatic heterocycles. The third-order valence-electron chi connectivity index (χ3n) is 8.58. The second kappa shape index (κ2) is 24.3. The molecule has 266 valence electrons. The van der Waals surface area contributed by atoms with Crippen molar-refractivity contribution in [1.82, 2.24) is 0 Å². The number of benzene rings is 2. The highest BCUT2D eigenvalue weighted by molar-refractivity contribution is 5.15. The molecule has 0 saturated carbocycles. The highest BCUT2D eigenvalue weighted by atomic mass is 19.1. The van der Waals surface area contributed by atoms with E-state index in [0.29, 0.717) is 31.2 Å². The number of hydrogen-bond donors (Lipinski definition) is 1. The summed E-state index contributed by atoms with van der Waals surface area (Å²) in [6, 6.07) is 20.3. The Bertz CT molecular complexity index is 960. The van der Waals surface area contributed by atoms with Crippen LogP contribution in [0.4, 0.5) is 8.78 Å². The number of aliphatic hydroxyl groups is 1. The Balaban J connectivity index is 0.00000111. The number of alkyl halides is 2. The quantitative estimate of drug-likeness (QED) is 0.154. The van der Waals surface area contributed by atoms with Crippen molar-refractivity contribution < 1.29 is 28.1 Å². The Hall–Kier alpha value is -1.86. The molecule has 3 atom stereocenters. The number of halogens is 2. The Kier molecular flexibility index (Phi) is 23.3. The molecule has 0 aliphatic carbocycles. The van der Waals surface area contributed by atoms with E-state index in [2.05, 4.69) is 86.6 Å². The first-order valence-electron chi connectivity index (χ1n) is 17.3. The molecule has 0 spiro atoms. The summed E-state index contributed by atoms with van der Waals surface area (Å²) in [4.78, 5) is 0. The molecular weight excluding hydrogens is 582 g/mol. The molecule has 0 fully saturated rings. The third-order valence-corrected chi connectivity index (χ3v) is 8.58. The molecule has 2 aromatic rings. The molecule has 2 rings (SSSR count). The van der Waals surface area contributed by atoms with Crippen LogP contribution in [0.25, 0.3) is 0 Å². The Morgan fingerprint density at radius 2 is 1.22 bits per heavy atom. The summed E-state index contributed by atoms with van der Waals surface area (Å²) in [5, 5.41) is 8.44. The summed E-state index contributed by atoms with van der Waals surface area (Å²) >= 11 is 0. The smallest absolute Gasteiger partial charge is 0.222 e. The zero-order valence-corrected chi connectivity index (χ0v) is 30.9. The van der Waals surface area contributed by atoms with Gasteiger partial charge in [-0.15, -0.1) is 0 Å². The van der Waals surface area contributed by atoms with Gasteiger partial charge in [-0.25, -0.2) is 4.39 Å². The molecule has 3 unspecified atom stereocenters. The molecular formula is C40H68F2O4. The number of hydrogen-bond acceptors (Lipinski definition) is 4. The van der Waals surface area contributed by atoms with E-state index in [9.17, 15) is 8.78 Å². The van der Waals surface area contributed by atoms with Crippen LogP contribution in [-0.4, -0.2) is 57.3 Å². The van der Waals surface area contributed by atoms with Gasteiger partial charge < -0.3 is 19.3 Å². The minimum atomic E-state index is -1.38. The van der Waals surface area contributed by atoms with E-state index in [0.717, 1.165) is 32.1 Å². The van der Waals surface area contributed by atoms with Crippen LogP contribution in [0.3, 0.4) is 0 Å². The Labute approximate surface area is 281 Å². The van der Waals surface area contributed by atoms with Crippen LogP contribution < -0.4 is 0 Å². The van der Waals surface area contributed by atoms with Crippen molar-refractivity contribution in [2.24, 2.45) is 22.2 Å². The lowest BCUT2D eigenvalue weighted by molar-refractivity contribution is -0.156. The molecule has 0 aliphatic rings. The van der Waals surface area contributed by atoms with Gasteiger partial charge in [0.15, 0.2) is 0 Å². The highest BCUT2D eigenvalue weighted by Gasteiger charge is 2.34. The van der Waals surface area contributed by atoms with E-state index in [-0.39, 0.29) is 36.8 Å². The molecule has 0 bridgehead atoms. The molecule has 6 heteroatoms. The minimum Gasteiger partial charge on any atom is -0.394 e. The molecule has 0 radical (unpaired) electrons. The minimum absolute atomic E-state index is 0.00595. The average Bonchev–Trinajstić information content (AvgIpc) is 3.00. The SMILES string of the molecule is CCC(OC(F)COCCc1ccccc1)C(C)(C)CCC(C)(C)CC(C)C(C)(C)C.CCF.OCCOCCc1ccccc1. The summed E-state index contributed by atoms with van der Waals surface area (Å²) in [5.74, 6) is 0.659. The van der Waals surface area contributed by atoms with Gasteiger partial charge in [0, 0.05) is 0 Å². The lowest BCUT2D eigenvalue weighted by atomic mass is 9.68. The second-order valence-corrected chi connectivity index (χ2v) is 14.7. The molecule has 4 nitrogen and oxygen atoms in total. The van der Waals surface area contributed by atoms with Crippen LogP contribution in [-0.2, 0) is 27.1 Å². The summed E-state index contributed by atoms with van der Waals surface area (Å²) in [6.45, 7) is 23.5. The standard InChI is InChI=1S/C28H49FO2.C10H14O2.C2H5F/c1-10-24(31-25(29)21-30-19-16-23-14-12-11-13-15-23)28(8,9)18-17-27(6,7)20-22(2)26(3,4)5;11-7-9-12-8-6-10-4-2-1-3-5-10;1-2-3/h11-15,22,24-25H,10,16-21H2,1-9H3;1-5,11H,6-9H2;2H2,1H3. The first-order valence-corrected chi connectivity index (χ1v) is 17.3. The lowest BCUT2D eigenvalue weighted by Gasteiger charge is -2.39. The van der Waals surface area contributed by atoms with Gasteiger partial charge in [0.05, 0.1) is 39.2 Å². The Morgan fingerprint density at radius 1 is 0.739 bits per heavy atom. The molecule has 0 heterocycles. The van der Waals surface area contributed by atoms with Gasteiger partial charge in [-0.2, -0.15) is 0 Å². The van der Waals surface area contributed by atoms with Gasteiger partial charge in [0.1, 0.15) is 6.61 Å². The molecule has 0 aromatic heterocycles. The van der Waals surface area contributed by atoms with Gasteiger partial charge in [0.2, 0.25) is 6.36 Å². The van der Waals surface area contributed by atoms with Crippen molar-refractivity contribution in [1.29, 1.82) is 0 Å². The van der Waals surface area contributed by atoms with Crippen LogP contribution in [0.1, 0.15) is 106 Å². The van der Waals surface area contributed by atoms with E-state index in [1.807, 2.05) is 36.4 Å². The van der Waals surface area contributed by atoms with Crippen LogP contribution >= 0.6 is 0 Å². The van der Waals surface area contributed by atoms with Gasteiger partial charge in [-0.3, -0.25) is 4.39 Å². The Morgan fingerprint density at radius 3 is 1.65 bits per heavy atom. The van der Waals surface area contributed by atoms with Crippen molar-refractivity contribution in [3.63, 3.8) is 0 Å². The third kappa shape index (κ3) is 21.8. The van der Waals surface area contributed by atoms with Crippen molar-refractivity contribution in [3.8, 4) is 0 Å². The zero-order chi connectivity index (χ0) is 35.1. The van der Waals surface area contributed by atoms with Crippen LogP contribution in [0.15, 0.2) is 60.7 Å². The number of ether oxygens (including phenoxy) is 3. The number of aliphatic hydroxyl groups excluding tert-OH is 1. The van der Waals surface area contributed by atoms with Crippen LogP contribution in [0, 0.1) is 22.2 Å². The summed E-state index contributed by atoms with van der Waals surface area (Å²) in [5.41, 5.74) is 2.98. The van der Waals surface area contributed by atoms with E-state index in [1.165, 1.54) is 24.5 Å². The fraction of sp³-hybridized carbons (Fsp3) is 0.700. The highest BCUT2D eigenvalue weighted by Crippen LogP contribution is 2.42.